The van der Waals surface area contributed by atoms with Crippen molar-refractivity contribution in [2.45, 2.75) is 20.0 Å². The van der Waals surface area contributed by atoms with Crippen LogP contribution in [0.2, 0.25) is 0 Å². The molecule has 1 aliphatic rings. The third-order valence-corrected chi connectivity index (χ3v) is 4.46. The number of aliphatic imine (C=N–C) groups is 1. The maximum Gasteiger partial charge on any atom is 0.116 e. The first-order valence-electron chi connectivity index (χ1n) is 8.22. The zero-order chi connectivity index (χ0) is 15.6. The molecule has 3 heteroatoms. The van der Waals surface area contributed by atoms with Gasteiger partial charge in [-0.15, -0.1) is 0 Å². The predicted molar refractivity (Wildman–Crippen MR) is 97.3 cm³/mol. The van der Waals surface area contributed by atoms with Gasteiger partial charge in [0.25, 0.3) is 0 Å². The first kappa shape index (κ1) is 14.1. The lowest BCUT2D eigenvalue weighted by Crippen LogP contribution is -2.25. The number of para-hydroxylation sites is 1. The van der Waals surface area contributed by atoms with Crippen molar-refractivity contribution in [1.82, 2.24) is 4.57 Å². The number of fused-ring (bicyclic) bond motifs is 3. The molecule has 0 saturated heterocycles. The van der Waals surface area contributed by atoms with Crippen LogP contribution in [0, 0.1) is 5.92 Å². The summed E-state index contributed by atoms with van der Waals surface area (Å²) in [5.74, 6) is 1.86. The highest BCUT2D eigenvalue weighted by atomic mass is 15.1. The number of anilines is 1. The fourth-order valence-corrected chi connectivity index (χ4v) is 3.31. The Bertz CT molecular complexity index is 846. The van der Waals surface area contributed by atoms with Crippen LogP contribution in [0.25, 0.3) is 10.9 Å². The Labute approximate surface area is 136 Å². The summed E-state index contributed by atoms with van der Waals surface area (Å²) in [6, 6.07) is 19.0. The van der Waals surface area contributed by atoms with E-state index in [1.165, 1.54) is 27.8 Å². The largest absolute Gasteiger partial charge is 0.371 e. The van der Waals surface area contributed by atoms with Crippen LogP contribution in [-0.4, -0.2) is 17.3 Å². The van der Waals surface area contributed by atoms with Gasteiger partial charge in [0.15, 0.2) is 0 Å². The molecule has 2 aromatic carbocycles. The summed E-state index contributed by atoms with van der Waals surface area (Å²) in [7, 11) is 0. The lowest BCUT2D eigenvalue weighted by molar-refractivity contribution is 0.489. The Balaban J connectivity index is 1.72. The molecule has 0 fully saturated rings. The summed E-state index contributed by atoms with van der Waals surface area (Å²) in [5, 5.41) is 4.87. The van der Waals surface area contributed by atoms with Crippen molar-refractivity contribution < 1.29 is 0 Å². The normalized spacial score (nSPS) is 17.3. The van der Waals surface area contributed by atoms with Crippen LogP contribution in [0.4, 0.5) is 5.82 Å². The highest BCUT2D eigenvalue weighted by Crippen LogP contribution is 2.32. The molecule has 0 aliphatic carbocycles. The first-order valence-corrected chi connectivity index (χ1v) is 8.22. The van der Waals surface area contributed by atoms with Crippen molar-refractivity contribution in [2.24, 2.45) is 10.9 Å². The van der Waals surface area contributed by atoms with Gasteiger partial charge in [0, 0.05) is 30.3 Å². The van der Waals surface area contributed by atoms with Gasteiger partial charge < -0.3 is 9.88 Å². The molecule has 0 spiro atoms. The van der Waals surface area contributed by atoms with E-state index < -0.39 is 0 Å². The van der Waals surface area contributed by atoms with Crippen molar-refractivity contribution >= 4 is 22.9 Å². The molecular formula is C20H21N3. The Morgan fingerprint density at radius 2 is 1.91 bits per heavy atom. The van der Waals surface area contributed by atoms with Crippen molar-refractivity contribution in [3.8, 4) is 0 Å². The van der Waals surface area contributed by atoms with Crippen LogP contribution < -0.4 is 5.32 Å². The van der Waals surface area contributed by atoms with E-state index >= 15 is 0 Å². The van der Waals surface area contributed by atoms with Gasteiger partial charge in [-0.3, -0.25) is 4.99 Å². The summed E-state index contributed by atoms with van der Waals surface area (Å²) in [6.07, 6.45) is 2.03. The topological polar surface area (TPSA) is 29.3 Å². The van der Waals surface area contributed by atoms with Gasteiger partial charge in [0.05, 0.1) is 12.1 Å². The number of benzene rings is 2. The second-order valence-electron chi connectivity index (χ2n) is 6.33. The standard InChI is InChI=1S/C20H21N3/c1-15-11-22-20-18(13-21-12-16-7-3-2-4-8-16)17-9-5-6-10-19(17)23(20)14-15/h2-10,13,15,22H,11-12,14H2,1H3/t15-/m0/s1. The Hall–Kier alpha value is -2.55. The van der Waals surface area contributed by atoms with Gasteiger partial charge in [0.2, 0.25) is 0 Å². The van der Waals surface area contributed by atoms with Crippen molar-refractivity contribution in [3.05, 3.63) is 65.7 Å². The number of nitrogens with one attached hydrogen (secondary N) is 1. The van der Waals surface area contributed by atoms with Gasteiger partial charge in [-0.25, -0.2) is 0 Å². The molecule has 0 bridgehead atoms. The average Bonchev–Trinajstić information content (AvgIpc) is 2.90. The fraction of sp³-hybridized carbons (Fsp3) is 0.250. The zero-order valence-corrected chi connectivity index (χ0v) is 13.4. The molecule has 3 aromatic rings. The van der Waals surface area contributed by atoms with E-state index in [1.54, 1.807) is 0 Å². The lowest BCUT2D eigenvalue weighted by Gasteiger charge is -2.24. The van der Waals surface area contributed by atoms with Gasteiger partial charge in [-0.05, 0) is 17.5 Å². The van der Waals surface area contributed by atoms with Crippen LogP contribution in [0.5, 0.6) is 0 Å². The molecule has 3 nitrogen and oxygen atoms in total. The van der Waals surface area contributed by atoms with E-state index in [0.29, 0.717) is 5.92 Å². The molecule has 0 saturated carbocycles. The average molecular weight is 303 g/mol. The van der Waals surface area contributed by atoms with Crippen LogP contribution in [0.3, 0.4) is 0 Å². The molecule has 1 atom stereocenters. The molecule has 0 unspecified atom stereocenters. The quantitative estimate of drug-likeness (QED) is 0.717. The molecule has 23 heavy (non-hydrogen) atoms. The smallest absolute Gasteiger partial charge is 0.116 e. The van der Waals surface area contributed by atoms with E-state index in [2.05, 4.69) is 70.3 Å². The summed E-state index contributed by atoms with van der Waals surface area (Å²) in [4.78, 5) is 4.68. The highest BCUT2D eigenvalue weighted by molar-refractivity contribution is 6.05. The van der Waals surface area contributed by atoms with Crippen LogP contribution >= 0.6 is 0 Å². The summed E-state index contributed by atoms with van der Waals surface area (Å²) in [5.41, 5.74) is 3.74. The first-order chi connectivity index (χ1) is 11.3. The molecule has 1 N–H and O–H groups in total. The molecule has 0 radical (unpaired) electrons. The van der Waals surface area contributed by atoms with Gasteiger partial charge in [0.1, 0.15) is 5.82 Å². The summed E-state index contributed by atoms with van der Waals surface area (Å²) >= 11 is 0. The lowest BCUT2D eigenvalue weighted by atomic mass is 10.1. The molecule has 0 amide bonds. The summed E-state index contributed by atoms with van der Waals surface area (Å²) < 4.78 is 2.40. The maximum atomic E-state index is 4.68. The number of aromatic nitrogens is 1. The minimum atomic E-state index is 0.646. The fourth-order valence-electron chi connectivity index (χ4n) is 3.31. The molecule has 1 aliphatic heterocycles. The van der Waals surface area contributed by atoms with E-state index in [-0.39, 0.29) is 0 Å². The zero-order valence-electron chi connectivity index (χ0n) is 13.4. The molecule has 2 heterocycles. The van der Waals surface area contributed by atoms with Crippen LogP contribution in [0.15, 0.2) is 59.6 Å². The third kappa shape index (κ3) is 2.63. The van der Waals surface area contributed by atoms with E-state index in [9.17, 15) is 0 Å². The highest BCUT2D eigenvalue weighted by Gasteiger charge is 2.21. The second-order valence-corrected chi connectivity index (χ2v) is 6.33. The minimum Gasteiger partial charge on any atom is -0.371 e. The molecule has 116 valence electrons. The Morgan fingerprint density at radius 3 is 2.78 bits per heavy atom. The predicted octanol–water partition coefficient (Wildman–Crippen LogP) is 4.32. The minimum absolute atomic E-state index is 0.646. The van der Waals surface area contributed by atoms with E-state index in [4.69, 9.17) is 0 Å². The number of hydrogen-bond donors (Lipinski definition) is 1. The van der Waals surface area contributed by atoms with Crippen molar-refractivity contribution in [3.63, 3.8) is 0 Å². The number of rotatable bonds is 3. The van der Waals surface area contributed by atoms with Gasteiger partial charge in [-0.1, -0.05) is 55.5 Å². The number of nitrogens with zero attached hydrogens (tertiary/aromatic N) is 2. The van der Waals surface area contributed by atoms with Crippen molar-refractivity contribution in [1.29, 1.82) is 0 Å². The third-order valence-electron chi connectivity index (χ3n) is 4.46. The SMILES string of the molecule is C[C@H]1CNc2c(C=NCc3ccccc3)c3ccccc3n2C1. The maximum absolute atomic E-state index is 4.68. The molecule has 1 aromatic heterocycles. The monoisotopic (exact) mass is 303 g/mol. The summed E-state index contributed by atoms with van der Waals surface area (Å²) in [6.45, 7) is 5.09. The van der Waals surface area contributed by atoms with E-state index in [1.807, 2.05) is 12.3 Å². The number of hydrogen-bond acceptors (Lipinski definition) is 2. The van der Waals surface area contributed by atoms with Crippen LogP contribution in [0.1, 0.15) is 18.1 Å². The molecule has 4 rings (SSSR count). The molecular weight excluding hydrogens is 282 g/mol. The van der Waals surface area contributed by atoms with Gasteiger partial charge in [-0.2, -0.15) is 0 Å². The van der Waals surface area contributed by atoms with E-state index in [0.717, 1.165) is 19.6 Å². The van der Waals surface area contributed by atoms with Gasteiger partial charge >= 0.3 is 0 Å². The second kappa shape index (κ2) is 5.92. The Kier molecular flexibility index (Phi) is 3.62. The van der Waals surface area contributed by atoms with Crippen molar-refractivity contribution in [2.75, 3.05) is 11.9 Å². The Morgan fingerprint density at radius 1 is 1.13 bits per heavy atom. The van der Waals surface area contributed by atoms with Crippen LogP contribution in [-0.2, 0) is 13.1 Å².